The Morgan fingerprint density at radius 3 is 2.59 bits per heavy atom. The van der Waals surface area contributed by atoms with Crippen LogP contribution in [0.3, 0.4) is 0 Å². The third kappa shape index (κ3) is 4.10. The van der Waals surface area contributed by atoms with E-state index in [4.69, 9.17) is 4.74 Å². The Morgan fingerprint density at radius 1 is 1.19 bits per heavy atom. The number of hydrogen-bond donors (Lipinski definition) is 0. The number of esters is 1. The predicted octanol–water partition coefficient (Wildman–Crippen LogP) is 3.58. The van der Waals surface area contributed by atoms with Crippen LogP contribution in [0, 0.1) is 13.8 Å². The number of aryl methyl sites for hydroxylation is 2. The molecule has 3 rings (SSSR count). The summed E-state index contributed by atoms with van der Waals surface area (Å²) in [5, 5.41) is 0. The highest BCUT2D eigenvalue weighted by Crippen LogP contribution is 2.21. The predicted molar refractivity (Wildman–Crippen MR) is 104 cm³/mol. The fourth-order valence-electron chi connectivity index (χ4n) is 3.59. The van der Waals surface area contributed by atoms with E-state index >= 15 is 0 Å². The van der Waals surface area contributed by atoms with Gasteiger partial charge in [0.1, 0.15) is 0 Å². The summed E-state index contributed by atoms with van der Waals surface area (Å²) in [6.07, 6.45) is 3.30. The maximum absolute atomic E-state index is 12.8. The topological polar surface area (TPSA) is 72.4 Å². The second-order valence-electron chi connectivity index (χ2n) is 7.23. The number of hydrogen-bond acceptors (Lipinski definition) is 5. The molecule has 6 nitrogen and oxygen atoms in total. The minimum Gasteiger partial charge on any atom is -0.449 e. The largest absolute Gasteiger partial charge is 0.449 e. The van der Waals surface area contributed by atoms with Gasteiger partial charge in [0.2, 0.25) is 0 Å². The van der Waals surface area contributed by atoms with Crippen LogP contribution >= 0.6 is 0 Å². The number of nitrogens with zero attached hydrogens (tertiary/aromatic N) is 3. The highest BCUT2D eigenvalue weighted by Gasteiger charge is 2.30. The molecule has 144 valence electrons. The lowest BCUT2D eigenvalue weighted by Crippen LogP contribution is -2.48. The molecule has 2 atom stereocenters. The number of rotatable bonds is 4. The van der Waals surface area contributed by atoms with E-state index in [1.165, 1.54) is 0 Å². The smallest absolute Gasteiger partial charge is 0.338 e. The molecule has 0 bridgehead atoms. The second-order valence-corrected chi connectivity index (χ2v) is 7.23. The van der Waals surface area contributed by atoms with Crippen LogP contribution < -0.4 is 0 Å². The van der Waals surface area contributed by atoms with Crippen molar-refractivity contribution in [2.75, 3.05) is 6.54 Å². The number of carbonyl (C=O) groups excluding carboxylic acids is 2. The first-order chi connectivity index (χ1) is 12.9. The zero-order valence-electron chi connectivity index (χ0n) is 16.5. The van der Waals surface area contributed by atoms with Gasteiger partial charge in [0.05, 0.1) is 28.0 Å². The minimum absolute atomic E-state index is 0.109. The van der Waals surface area contributed by atoms with E-state index in [0.29, 0.717) is 11.1 Å². The van der Waals surface area contributed by atoms with E-state index in [1.807, 2.05) is 18.7 Å². The number of carbonyl (C=O) groups is 2. The molecule has 0 saturated carbocycles. The maximum Gasteiger partial charge on any atom is 0.338 e. The third-order valence-corrected chi connectivity index (χ3v) is 5.32. The zero-order valence-corrected chi connectivity index (χ0v) is 16.5. The molecule has 1 saturated heterocycles. The van der Waals surface area contributed by atoms with Crippen LogP contribution in [0.1, 0.15) is 61.3 Å². The average molecular weight is 369 g/mol. The molecule has 1 amide bonds. The summed E-state index contributed by atoms with van der Waals surface area (Å²) in [4.78, 5) is 36.1. The van der Waals surface area contributed by atoms with E-state index in [9.17, 15) is 9.59 Å². The number of fused-ring (bicyclic) bond motifs is 1. The molecule has 1 fully saturated rings. The molecule has 27 heavy (non-hydrogen) atoms. The summed E-state index contributed by atoms with van der Waals surface area (Å²) in [6.45, 7) is 8.27. The summed E-state index contributed by atoms with van der Waals surface area (Å²) < 4.78 is 5.47. The molecule has 0 aliphatic carbocycles. The van der Waals surface area contributed by atoms with Gasteiger partial charge in [-0.1, -0.05) is 6.92 Å². The number of likely N-dealkylation sites (tertiary alicyclic amines) is 1. The summed E-state index contributed by atoms with van der Waals surface area (Å²) in [7, 11) is 0. The van der Waals surface area contributed by atoms with Gasteiger partial charge in [0.15, 0.2) is 6.10 Å². The van der Waals surface area contributed by atoms with Crippen molar-refractivity contribution in [3.8, 4) is 0 Å². The average Bonchev–Trinajstić information content (AvgIpc) is 2.67. The normalized spacial score (nSPS) is 18.4. The lowest BCUT2D eigenvalue weighted by atomic mass is 9.99. The Hall–Kier alpha value is -2.50. The van der Waals surface area contributed by atoms with Crippen LogP contribution in [0.5, 0.6) is 0 Å². The van der Waals surface area contributed by atoms with Crippen molar-refractivity contribution in [3.63, 3.8) is 0 Å². The molecule has 2 heterocycles. The van der Waals surface area contributed by atoms with Gasteiger partial charge in [-0.3, -0.25) is 4.79 Å². The number of ether oxygens (including phenoxy) is 1. The molecule has 0 spiro atoms. The lowest BCUT2D eigenvalue weighted by molar-refractivity contribution is -0.143. The molecule has 6 heteroatoms. The molecule has 1 aliphatic heterocycles. The van der Waals surface area contributed by atoms with Crippen LogP contribution in [-0.4, -0.2) is 45.4 Å². The van der Waals surface area contributed by atoms with Gasteiger partial charge in [-0.25, -0.2) is 14.8 Å². The van der Waals surface area contributed by atoms with Crippen molar-refractivity contribution in [3.05, 3.63) is 35.2 Å². The highest BCUT2D eigenvalue weighted by molar-refractivity contribution is 5.95. The summed E-state index contributed by atoms with van der Waals surface area (Å²) in [5.41, 5.74) is 3.45. The van der Waals surface area contributed by atoms with Crippen molar-refractivity contribution >= 4 is 22.9 Å². The Labute approximate surface area is 159 Å². The Balaban J connectivity index is 1.73. The van der Waals surface area contributed by atoms with Gasteiger partial charge in [0, 0.05) is 12.6 Å². The van der Waals surface area contributed by atoms with Crippen molar-refractivity contribution in [1.29, 1.82) is 0 Å². The molecule has 2 aromatic rings. The fraction of sp³-hybridized carbons (Fsp3) is 0.524. The SMILES string of the molecule is CC[C@H]1CCCCN1C(=O)[C@H](C)OC(=O)c1ccc2nc(C)c(C)nc2c1. The number of aromatic nitrogens is 2. The molecule has 1 aliphatic rings. The molecule has 0 radical (unpaired) electrons. The fourth-order valence-corrected chi connectivity index (χ4v) is 3.59. The first-order valence-corrected chi connectivity index (χ1v) is 9.67. The monoisotopic (exact) mass is 369 g/mol. The Kier molecular flexibility index (Phi) is 5.73. The number of piperidine rings is 1. The van der Waals surface area contributed by atoms with Crippen molar-refractivity contribution < 1.29 is 14.3 Å². The zero-order chi connectivity index (χ0) is 19.6. The number of benzene rings is 1. The van der Waals surface area contributed by atoms with Crippen LogP contribution in [-0.2, 0) is 9.53 Å². The van der Waals surface area contributed by atoms with E-state index in [2.05, 4.69) is 16.9 Å². The van der Waals surface area contributed by atoms with Gasteiger partial charge in [-0.15, -0.1) is 0 Å². The van der Waals surface area contributed by atoms with Gasteiger partial charge >= 0.3 is 5.97 Å². The van der Waals surface area contributed by atoms with E-state index in [-0.39, 0.29) is 11.9 Å². The van der Waals surface area contributed by atoms with Crippen LogP contribution in [0.4, 0.5) is 0 Å². The van der Waals surface area contributed by atoms with Crippen LogP contribution in [0.25, 0.3) is 11.0 Å². The van der Waals surface area contributed by atoms with Gasteiger partial charge < -0.3 is 9.64 Å². The Bertz CT molecular complexity index is 865. The van der Waals surface area contributed by atoms with Crippen molar-refractivity contribution in [2.24, 2.45) is 0 Å². The molecular weight excluding hydrogens is 342 g/mol. The van der Waals surface area contributed by atoms with E-state index in [0.717, 1.165) is 49.1 Å². The molecule has 1 aromatic heterocycles. The second kappa shape index (κ2) is 8.03. The molecular formula is C21H27N3O3. The third-order valence-electron chi connectivity index (χ3n) is 5.32. The summed E-state index contributed by atoms with van der Waals surface area (Å²) in [5.74, 6) is -0.621. The maximum atomic E-state index is 12.8. The van der Waals surface area contributed by atoms with Crippen LogP contribution in [0.15, 0.2) is 18.2 Å². The first-order valence-electron chi connectivity index (χ1n) is 9.67. The van der Waals surface area contributed by atoms with Gasteiger partial charge in [-0.05, 0) is 64.7 Å². The molecule has 1 aromatic carbocycles. The van der Waals surface area contributed by atoms with E-state index in [1.54, 1.807) is 25.1 Å². The Morgan fingerprint density at radius 2 is 1.89 bits per heavy atom. The van der Waals surface area contributed by atoms with Crippen molar-refractivity contribution in [2.45, 2.75) is 65.5 Å². The molecule has 0 N–H and O–H groups in total. The van der Waals surface area contributed by atoms with E-state index < -0.39 is 12.1 Å². The summed E-state index contributed by atoms with van der Waals surface area (Å²) in [6, 6.07) is 5.34. The van der Waals surface area contributed by atoms with Crippen molar-refractivity contribution in [1.82, 2.24) is 14.9 Å². The highest BCUT2D eigenvalue weighted by atomic mass is 16.5. The molecule has 0 unspecified atom stereocenters. The van der Waals surface area contributed by atoms with Gasteiger partial charge in [-0.2, -0.15) is 0 Å². The standard InChI is InChI=1S/C21H27N3O3/c1-5-17-8-6-7-11-24(17)20(25)15(4)27-21(26)16-9-10-18-19(12-16)23-14(3)13(2)22-18/h9-10,12,15,17H,5-8,11H2,1-4H3/t15-,17-/m0/s1. The first kappa shape index (κ1) is 19.3. The quantitative estimate of drug-likeness (QED) is 0.770. The van der Waals surface area contributed by atoms with Gasteiger partial charge in [0.25, 0.3) is 5.91 Å². The van der Waals surface area contributed by atoms with Crippen LogP contribution in [0.2, 0.25) is 0 Å². The number of amides is 1. The lowest BCUT2D eigenvalue weighted by Gasteiger charge is -2.36. The minimum atomic E-state index is -0.800. The summed E-state index contributed by atoms with van der Waals surface area (Å²) >= 11 is 0.